The molecule has 0 radical (unpaired) electrons. The summed E-state index contributed by atoms with van der Waals surface area (Å²) in [6, 6.07) is 20.2. The highest BCUT2D eigenvalue weighted by Crippen LogP contribution is 2.30. The first-order valence-electron chi connectivity index (χ1n) is 8.54. The minimum Gasteiger partial charge on any atom is -0.441 e. The third-order valence-electron chi connectivity index (χ3n) is 3.94. The van der Waals surface area contributed by atoms with Gasteiger partial charge in [-0.3, -0.25) is 0 Å². The van der Waals surface area contributed by atoms with Crippen LogP contribution in [0.25, 0.3) is 11.5 Å². The van der Waals surface area contributed by atoms with E-state index in [1.807, 2.05) is 55.5 Å². The van der Waals surface area contributed by atoms with Crippen LogP contribution in [0.4, 0.5) is 5.13 Å². The molecule has 1 N–H and O–H groups in total. The van der Waals surface area contributed by atoms with Crippen molar-refractivity contribution < 1.29 is 4.42 Å². The lowest BCUT2D eigenvalue weighted by molar-refractivity contribution is 0.540. The van der Waals surface area contributed by atoms with Gasteiger partial charge in [-0.15, -0.1) is 10.2 Å². The lowest BCUT2D eigenvalue weighted by Gasteiger charge is -2.00. The van der Waals surface area contributed by atoms with E-state index >= 15 is 0 Å². The predicted molar refractivity (Wildman–Crippen MR) is 110 cm³/mol. The second-order valence-corrected chi connectivity index (χ2v) is 8.09. The standard InChI is InChI=1S/C20H18N4OS2/c1-14-17(22-18(25-14)16-10-6-3-7-11-16)13-26-20-24-23-19(27-20)21-12-15-8-4-2-5-9-15/h2-11H,12-13H2,1H3,(H,21,23). The Morgan fingerprint density at radius 3 is 2.52 bits per heavy atom. The zero-order valence-corrected chi connectivity index (χ0v) is 16.4. The maximum absolute atomic E-state index is 5.81. The molecule has 0 fully saturated rings. The molecule has 27 heavy (non-hydrogen) atoms. The first-order chi connectivity index (χ1) is 13.3. The van der Waals surface area contributed by atoms with E-state index in [2.05, 4.69) is 32.6 Å². The number of hydrogen-bond acceptors (Lipinski definition) is 7. The SMILES string of the molecule is Cc1oc(-c2ccccc2)nc1CSc1nnc(NCc2ccccc2)s1. The van der Waals surface area contributed by atoms with Crippen LogP contribution in [0.5, 0.6) is 0 Å². The van der Waals surface area contributed by atoms with Gasteiger partial charge < -0.3 is 9.73 Å². The van der Waals surface area contributed by atoms with E-state index in [1.54, 1.807) is 23.1 Å². The summed E-state index contributed by atoms with van der Waals surface area (Å²) >= 11 is 3.17. The Labute approximate surface area is 165 Å². The van der Waals surface area contributed by atoms with Crippen molar-refractivity contribution in [1.82, 2.24) is 15.2 Å². The Balaban J connectivity index is 1.35. The number of nitrogens with one attached hydrogen (secondary N) is 1. The number of aromatic nitrogens is 3. The Kier molecular flexibility index (Phi) is 5.50. The van der Waals surface area contributed by atoms with E-state index in [0.29, 0.717) is 11.6 Å². The number of anilines is 1. The van der Waals surface area contributed by atoms with Gasteiger partial charge in [0.1, 0.15) is 5.76 Å². The van der Waals surface area contributed by atoms with Crippen molar-refractivity contribution in [3.05, 3.63) is 77.7 Å². The maximum Gasteiger partial charge on any atom is 0.226 e. The van der Waals surface area contributed by atoms with Crippen LogP contribution in [0.1, 0.15) is 17.0 Å². The van der Waals surface area contributed by atoms with Gasteiger partial charge in [0.2, 0.25) is 11.0 Å². The molecule has 0 aliphatic rings. The van der Waals surface area contributed by atoms with Crippen LogP contribution in [-0.2, 0) is 12.3 Å². The molecule has 0 aliphatic heterocycles. The monoisotopic (exact) mass is 394 g/mol. The van der Waals surface area contributed by atoms with Gasteiger partial charge in [0.15, 0.2) is 4.34 Å². The highest BCUT2D eigenvalue weighted by atomic mass is 32.2. The molecule has 5 nitrogen and oxygen atoms in total. The average Bonchev–Trinajstić information content (AvgIpc) is 3.32. The third kappa shape index (κ3) is 4.56. The zero-order chi connectivity index (χ0) is 18.5. The van der Waals surface area contributed by atoms with Gasteiger partial charge in [0.25, 0.3) is 0 Å². The van der Waals surface area contributed by atoms with Gasteiger partial charge in [0.05, 0.1) is 5.69 Å². The van der Waals surface area contributed by atoms with E-state index in [-0.39, 0.29) is 0 Å². The fourth-order valence-electron chi connectivity index (χ4n) is 2.51. The summed E-state index contributed by atoms with van der Waals surface area (Å²) in [6.45, 7) is 2.69. The molecule has 2 heterocycles. The van der Waals surface area contributed by atoms with Gasteiger partial charge in [-0.25, -0.2) is 4.98 Å². The normalized spacial score (nSPS) is 10.9. The Bertz CT molecular complexity index is 999. The smallest absolute Gasteiger partial charge is 0.226 e. The van der Waals surface area contributed by atoms with E-state index < -0.39 is 0 Å². The number of oxazole rings is 1. The Morgan fingerprint density at radius 2 is 1.74 bits per heavy atom. The highest BCUT2D eigenvalue weighted by molar-refractivity contribution is 8.00. The van der Waals surface area contributed by atoms with Crippen LogP contribution >= 0.6 is 23.1 Å². The van der Waals surface area contributed by atoms with Crippen LogP contribution < -0.4 is 5.32 Å². The summed E-state index contributed by atoms with van der Waals surface area (Å²) in [5, 5.41) is 12.6. The molecule has 0 aliphatic carbocycles. The second kappa shape index (κ2) is 8.37. The quantitative estimate of drug-likeness (QED) is 0.423. The molecule has 0 amide bonds. The Hall–Kier alpha value is -2.64. The molecule has 0 bridgehead atoms. The van der Waals surface area contributed by atoms with Crippen molar-refractivity contribution >= 4 is 28.2 Å². The molecule has 4 rings (SSSR count). The third-order valence-corrected chi connectivity index (χ3v) is 5.96. The fourth-order valence-corrected chi connectivity index (χ4v) is 4.26. The van der Waals surface area contributed by atoms with Crippen molar-refractivity contribution in [1.29, 1.82) is 0 Å². The summed E-state index contributed by atoms with van der Waals surface area (Å²) in [5.41, 5.74) is 3.14. The summed E-state index contributed by atoms with van der Waals surface area (Å²) in [6.07, 6.45) is 0. The van der Waals surface area contributed by atoms with Gasteiger partial charge in [-0.05, 0) is 24.6 Å². The van der Waals surface area contributed by atoms with Crippen LogP contribution in [0.3, 0.4) is 0 Å². The molecule has 0 saturated carbocycles. The molecule has 0 atom stereocenters. The van der Waals surface area contributed by atoms with Gasteiger partial charge in [0, 0.05) is 17.9 Å². The number of thioether (sulfide) groups is 1. The van der Waals surface area contributed by atoms with Gasteiger partial charge >= 0.3 is 0 Å². The second-order valence-electron chi connectivity index (χ2n) is 5.89. The molecule has 0 spiro atoms. The predicted octanol–water partition coefficient (Wildman–Crippen LogP) is 5.41. The average molecular weight is 395 g/mol. The molecule has 136 valence electrons. The van der Waals surface area contributed by atoms with Crippen molar-refractivity contribution in [2.24, 2.45) is 0 Å². The van der Waals surface area contributed by atoms with Crippen molar-refractivity contribution in [3.63, 3.8) is 0 Å². The van der Waals surface area contributed by atoms with Crippen molar-refractivity contribution in [2.45, 2.75) is 23.6 Å². The van der Waals surface area contributed by atoms with E-state index in [1.165, 1.54) is 5.56 Å². The van der Waals surface area contributed by atoms with Crippen LogP contribution in [0.2, 0.25) is 0 Å². The fraction of sp³-hybridized carbons (Fsp3) is 0.150. The summed E-state index contributed by atoms with van der Waals surface area (Å²) in [4.78, 5) is 4.63. The van der Waals surface area contributed by atoms with Gasteiger partial charge in [-0.2, -0.15) is 0 Å². The molecular formula is C20H18N4OS2. The number of nitrogens with zero attached hydrogens (tertiary/aromatic N) is 3. The van der Waals surface area contributed by atoms with Gasteiger partial charge in [-0.1, -0.05) is 71.6 Å². The van der Waals surface area contributed by atoms with Crippen molar-refractivity contribution in [2.75, 3.05) is 5.32 Å². The Morgan fingerprint density at radius 1 is 1.00 bits per heavy atom. The van der Waals surface area contributed by atoms with E-state index in [0.717, 1.165) is 33.0 Å². The molecule has 2 aromatic heterocycles. The van der Waals surface area contributed by atoms with Crippen LogP contribution in [0, 0.1) is 6.92 Å². The summed E-state index contributed by atoms with van der Waals surface area (Å²) in [7, 11) is 0. The van der Waals surface area contributed by atoms with Crippen LogP contribution in [-0.4, -0.2) is 15.2 Å². The lowest BCUT2D eigenvalue weighted by Crippen LogP contribution is -1.98. The number of rotatable bonds is 7. The first kappa shape index (κ1) is 17.8. The number of hydrogen-bond donors (Lipinski definition) is 1. The lowest BCUT2D eigenvalue weighted by atomic mass is 10.2. The molecular weight excluding hydrogens is 376 g/mol. The molecule has 4 aromatic rings. The topological polar surface area (TPSA) is 63.8 Å². The number of benzene rings is 2. The maximum atomic E-state index is 5.81. The molecule has 0 unspecified atom stereocenters. The molecule has 0 saturated heterocycles. The van der Waals surface area contributed by atoms with Crippen molar-refractivity contribution in [3.8, 4) is 11.5 Å². The largest absolute Gasteiger partial charge is 0.441 e. The van der Waals surface area contributed by atoms with E-state index in [9.17, 15) is 0 Å². The minimum absolute atomic E-state index is 0.659. The molecule has 2 aromatic carbocycles. The highest BCUT2D eigenvalue weighted by Gasteiger charge is 2.13. The number of aryl methyl sites for hydroxylation is 1. The first-order valence-corrected chi connectivity index (χ1v) is 10.3. The van der Waals surface area contributed by atoms with Crippen LogP contribution in [0.15, 0.2) is 69.4 Å². The summed E-state index contributed by atoms with van der Waals surface area (Å²) < 4.78 is 6.72. The molecule has 7 heteroatoms. The zero-order valence-electron chi connectivity index (χ0n) is 14.8. The van der Waals surface area contributed by atoms with E-state index in [4.69, 9.17) is 4.42 Å². The summed E-state index contributed by atoms with van der Waals surface area (Å²) in [5.74, 6) is 2.20. The minimum atomic E-state index is 0.659.